The van der Waals surface area contributed by atoms with E-state index in [1.807, 2.05) is 0 Å². The van der Waals surface area contributed by atoms with E-state index in [4.69, 9.17) is 9.94 Å². The van der Waals surface area contributed by atoms with Crippen LogP contribution in [0.3, 0.4) is 0 Å². The van der Waals surface area contributed by atoms with Gasteiger partial charge in [-0.15, -0.1) is 0 Å². The second kappa shape index (κ2) is 4.76. The monoisotopic (exact) mass is 257 g/mol. The van der Waals surface area contributed by atoms with Crippen molar-refractivity contribution in [3.63, 3.8) is 0 Å². The summed E-state index contributed by atoms with van der Waals surface area (Å²) in [6.07, 6.45) is 0.825. The number of ketones is 1. The predicted octanol–water partition coefficient (Wildman–Crippen LogP) is 2.10. The van der Waals surface area contributed by atoms with Gasteiger partial charge in [0.05, 0.1) is 12.7 Å². The molecule has 0 unspecified atom stereocenters. The number of carbonyl (C=O) groups excluding carboxylic acids is 1. The van der Waals surface area contributed by atoms with Crippen LogP contribution in [-0.2, 0) is 0 Å². The van der Waals surface area contributed by atoms with Gasteiger partial charge in [0.1, 0.15) is 12.0 Å². The van der Waals surface area contributed by atoms with Gasteiger partial charge < -0.3 is 9.94 Å². The molecule has 0 fully saturated rings. The molecule has 0 aromatic heterocycles. The lowest BCUT2D eigenvalue weighted by atomic mass is 10.1. The molecule has 0 aliphatic rings. The molecule has 0 amide bonds. The summed E-state index contributed by atoms with van der Waals surface area (Å²) in [5.41, 5.74) is 0.355. The maximum atomic E-state index is 11.3. The van der Waals surface area contributed by atoms with Crippen LogP contribution in [0.5, 0.6) is 5.75 Å². The van der Waals surface area contributed by atoms with Crippen molar-refractivity contribution in [3.8, 4) is 5.75 Å². The molecule has 0 atom stereocenters. The second-order valence-electron chi connectivity index (χ2n) is 2.45. The number of halogens is 1. The lowest BCUT2D eigenvalue weighted by Crippen LogP contribution is -2.03. The van der Waals surface area contributed by atoms with Gasteiger partial charge in [-0.3, -0.25) is 4.79 Å². The Hall–Kier alpha value is -1.36. The summed E-state index contributed by atoms with van der Waals surface area (Å²) in [4.78, 5) is 11.3. The Kier molecular flexibility index (Phi) is 3.64. The van der Waals surface area contributed by atoms with E-state index in [9.17, 15) is 4.79 Å². The van der Waals surface area contributed by atoms with E-state index >= 15 is 0 Å². The molecule has 0 bridgehead atoms. The first-order chi connectivity index (χ1) is 6.69. The fraction of sp³-hybridized carbons (Fsp3) is 0.111. The summed E-state index contributed by atoms with van der Waals surface area (Å²) in [6, 6.07) is 4.96. The quantitative estimate of drug-likeness (QED) is 0.391. The van der Waals surface area contributed by atoms with Gasteiger partial charge in [0, 0.05) is 4.47 Å². The first-order valence-corrected chi connectivity index (χ1v) is 4.53. The maximum Gasteiger partial charge on any atom is 0.211 e. The van der Waals surface area contributed by atoms with E-state index in [-0.39, 0.29) is 0 Å². The highest BCUT2D eigenvalue weighted by atomic mass is 79.9. The predicted molar refractivity (Wildman–Crippen MR) is 55.3 cm³/mol. The smallest absolute Gasteiger partial charge is 0.211 e. The molecule has 1 rings (SSSR count). The Morgan fingerprint density at radius 2 is 2.36 bits per heavy atom. The molecule has 0 aliphatic heterocycles. The van der Waals surface area contributed by atoms with Gasteiger partial charge in [-0.05, 0) is 18.2 Å². The van der Waals surface area contributed by atoms with Crippen molar-refractivity contribution in [1.29, 1.82) is 0 Å². The molecule has 0 saturated carbocycles. The largest absolute Gasteiger partial charge is 0.496 e. The first kappa shape index (κ1) is 10.7. The van der Waals surface area contributed by atoms with Crippen molar-refractivity contribution in [2.24, 2.45) is 5.16 Å². The normalized spacial score (nSPS) is 10.4. The summed E-state index contributed by atoms with van der Waals surface area (Å²) in [6.45, 7) is 0. The number of ether oxygens (including phenoxy) is 1. The van der Waals surface area contributed by atoms with Crippen molar-refractivity contribution >= 4 is 27.9 Å². The van der Waals surface area contributed by atoms with Crippen LogP contribution >= 0.6 is 15.9 Å². The minimum atomic E-state index is -0.406. The second-order valence-corrected chi connectivity index (χ2v) is 3.37. The third-order valence-electron chi connectivity index (χ3n) is 1.60. The van der Waals surface area contributed by atoms with Crippen molar-refractivity contribution < 1.29 is 14.7 Å². The molecule has 0 saturated heterocycles. The molecule has 74 valence electrons. The number of hydrogen-bond donors (Lipinski definition) is 1. The van der Waals surface area contributed by atoms with Crippen LogP contribution in [0, 0.1) is 0 Å². The van der Waals surface area contributed by atoms with Crippen molar-refractivity contribution in [3.05, 3.63) is 28.2 Å². The number of benzene rings is 1. The summed E-state index contributed by atoms with van der Waals surface area (Å²) in [5.74, 6) is 0.0288. The molecular weight excluding hydrogens is 250 g/mol. The average molecular weight is 258 g/mol. The Morgan fingerprint density at radius 3 is 2.93 bits per heavy atom. The fourth-order valence-electron chi connectivity index (χ4n) is 0.991. The SMILES string of the molecule is COc1cc(Br)ccc1C(=O)C=NO. The van der Waals surface area contributed by atoms with Gasteiger partial charge in [0.15, 0.2) is 0 Å². The van der Waals surface area contributed by atoms with Gasteiger partial charge in [-0.2, -0.15) is 0 Å². The number of methoxy groups -OCH3 is 1. The van der Waals surface area contributed by atoms with Crippen LogP contribution in [-0.4, -0.2) is 24.3 Å². The third-order valence-corrected chi connectivity index (χ3v) is 2.10. The maximum absolute atomic E-state index is 11.3. The van der Waals surface area contributed by atoms with E-state index in [0.29, 0.717) is 11.3 Å². The van der Waals surface area contributed by atoms with E-state index in [1.54, 1.807) is 18.2 Å². The molecule has 5 heteroatoms. The molecule has 4 nitrogen and oxygen atoms in total. The van der Waals surface area contributed by atoms with Gasteiger partial charge >= 0.3 is 0 Å². The highest BCUT2D eigenvalue weighted by Gasteiger charge is 2.10. The number of rotatable bonds is 3. The topological polar surface area (TPSA) is 58.9 Å². The van der Waals surface area contributed by atoms with Gasteiger partial charge in [-0.25, -0.2) is 0 Å². The van der Waals surface area contributed by atoms with E-state index in [2.05, 4.69) is 21.1 Å². The van der Waals surface area contributed by atoms with Gasteiger partial charge in [0.25, 0.3) is 0 Å². The minimum absolute atomic E-state index is 0.355. The number of Topliss-reactive ketones (excluding diaryl/α,β-unsaturated/α-hetero) is 1. The lowest BCUT2D eigenvalue weighted by molar-refractivity contribution is 0.106. The highest BCUT2D eigenvalue weighted by Crippen LogP contribution is 2.23. The number of oxime groups is 1. The number of nitrogens with zero attached hydrogens (tertiary/aromatic N) is 1. The summed E-state index contributed by atoms with van der Waals surface area (Å²) >= 11 is 3.25. The van der Waals surface area contributed by atoms with Gasteiger partial charge in [0.2, 0.25) is 5.78 Å². The van der Waals surface area contributed by atoms with E-state index in [1.165, 1.54) is 7.11 Å². The third kappa shape index (κ3) is 2.32. The van der Waals surface area contributed by atoms with E-state index in [0.717, 1.165) is 10.7 Å². The van der Waals surface area contributed by atoms with Crippen LogP contribution in [0.2, 0.25) is 0 Å². The summed E-state index contributed by atoms with van der Waals surface area (Å²) < 4.78 is 5.81. The van der Waals surface area contributed by atoms with Crippen LogP contribution < -0.4 is 4.74 Å². The molecule has 0 heterocycles. The van der Waals surface area contributed by atoms with Crippen LogP contribution in [0.4, 0.5) is 0 Å². The Morgan fingerprint density at radius 1 is 1.64 bits per heavy atom. The standard InChI is InChI=1S/C9H8BrNO3/c1-14-9-4-6(10)2-3-7(9)8(12)5-11-13/h2-5,13H,1H3. The average Bonchev–Trinajstić information content (AvgIpc) is 2.17. The van der Waals surface area contributed by atoms with Gasteiger partial charge in [-0.1, -0.05) is 21.1 Å². The Balaban J connectivity index is 3.13. The molecule has 0 spiro atoms. The summed E-state index contributed by atoms with van der Waals surface area (Å²) in [7, 11) is 1.47. The zero-order valence-corrected chi connectivity index (χ0v) is 8.98. The first-order valence-electron chi connectivity index (χ1n) is 3.74. The van der Waals surface area contributed by atoms with Crippen LogP contribution in [0.15, 0.2) is 27.8 Å². The fourth-order valence-corrected chi connectivity index (χ4v) is 1.33. The van der Waals surface area contributed by atoms with Crippen LogP contribution in [0.25, 0.3) is 0 Å². The lowest BCUT2D eigenvalue weighted by Gasteiger charge is -2.04. The number of hydrogen-bond acceptors (Lipinski definition) is 4. The zero-order valence-electron chi connectivity index (χ0n) is 7.40. The highest BCUT2D eigenvalue weighted by molar-refractivity contribution is 9.10. The number of carbonyl (C=O) groups is 1. The molecule has 14 heavy (non-hydrogen) atoms. The molecular formula is C9H8BrNO3. The van der Waals surface area contributed by atoms with Crippen molar-refractivity contribution in [2.45, 2.75) is 0 Å². The Labute approximate surface area is 89.3 Å². The van der Waals surface area contributed by atoms with Crippen molar-refractivity contribution in [2.75, 3.05) is 7.11 Å². The molecule has 1 N–H and O–H groups in total. The minimum Gasteiger partial charge on any atom is -0.496 e. The molecule has 0 aliphatic carbocycles. The molecule has 1 aromatic carbocycles. The van der Waals surface area contributed by atoms with E-state index < -0.39 is 5.78 Å². The molecule has 0 radical (unpaired) electrons. The van der Waals surface area contributed by atoms with Crippen molar-refractivity contribution in [1.82, 2.24) is 0 Å². The van der Waals surface area contributed by atoms with Crippen LogP contribution in [0.1, 0.15) is 10.4 Å². The zero-order chi connectivity index (χ0) is 10.6. The molecule has 1 aromatic rings. The Bertz CT molecular complexity index is 376. The summed E-state index contributed by atoms with van der Waals surface area (Å²) in [5, 5.41) is 10.9.